The van der Waals surface area contributed by atoms with Crippen LogP contribution in [0.2, 0.25) is 0 Å². The number of carbonyl (C=O) groups is 1. The highest BCUT2D eigenvalue weighted by molar-refractivity contribution is 5.96. The summed E-state index contributed by atoms with van der Waals surface area (Å²) in [6, 6.07) is 8.90. The van der Waals surface area contributed by atoms with Crippen molar-refractivity contribution >= 4 is 5.78 Å². The van der Waals surface area contributed by atoms with Crippen molar-refractivity contribution in [1.29, 1.82) is 0 Å². The first kappa shape index (κ1) is 9.68. The molecule has 0 amide bonds. The van der Waals surface area contributed by atoms with Gasteiger partial charge in [-0.25, -0.2) is 0 Å². The van der Waals surface area contributed by atoms with E-state index in [-0.39, 0.29) is 11.8 Å². The predicted octanol–water partition coefficient (Wildman–Crippen LogP) is 1.77. The average Bonchev–Trinajstić information content (AvgIpc) is 2.19. The molecule has 0 aliphatic carbocycles. The third kappa shape index (κ3) is 2.84. The van der Waals surface area contributed by atoms with E-state index in [2.05, 4.69) is 6.58 Å². The highest BCUT2D eigenvalue weighted by Crippen LogP contribution is 2.04. The van der Waals surface area contributed by atoms with Crippen LogP contribution < -0.4 is 5.73 Å². The van der Waals surface area contributed by atoms with E-state index in [0.29, 0.717) is 12.0 Å². The molecule has 68 valence electrons. The normalized spacial score (nSPS) is 12.1. The van der Waals surface area contributed by atoms with Gasteiger partial charge in [-0.05, 0) is 0 Å². The third-order valence-electron chi connectivity index (χ3n) is 1.82. The van der Waals surface area contributed by atoms with E-state index in [0.717, 1.165) is 0 Å². The van der Waals surface area contributed by atoms with Crippen molar-refractivity contribution in [3.05, 3.63) is 48.6 Å². The number of benzene rings is 1. The van der Waals surface area contributed by atoms with Crippen molar-refractivity contribution in [2.75, 3.05) is 0 Å². The molecule has 0 spiro atoms. The van der Waals surface area contributed by atoms with Crippen LogP contribution in [0.4, 0.5) is 0 Å². The van der Waals surface area contributed by atoms with Crippen LogP contribution in [0.3, 0.4) is 0 Å². The maximum atomic E-state index is 11.5. The average molecular weight is 175 g/mol. The first-order chi connectivity index (χ1) is 6.24. The van der Waals surface area contributed by atoms with Gasteiger partial charge in [0.05, 0.1) is 0 Å². The van der Waals surface area contributed by atoms with Crippen LogP contribution in [-0.2, 0) is 0 Å². The summed E-state index contributed by atoms with van der Waals surface area (Å²) in [6.07, 6.45) is 1.91. The first-order valence-electron chi connectivity index (χ1n) is 4.20. The Morgan fingerprint density at radius 3 is 2.62 bits per heavy atom. The fraction of sp³-hybridized carbons (Fsp3) is 0.182. The molecule has 1 atom stereocenters. The number of hydrogen-bond donors (Lipinski definition) is 1. The number of rotatable bonds is 4. The monoisotopic (exact) mass is 175 g/mol. The van der Waals surface area contributed by atoms with E-state index >= 15 is 0 Å². The molecule has 0 heterocycles. The van der Waals surface area contributed by atoms with Crippen molar-refractivity contribution in [2.24, 2.45) is 5.73 Å². The topological polar surface area (TPSA) is 43.1 Å². The van der Waals surface area contributed by atoms with Gasteiger partial charge < -0.3 is 5.73 Å². The minimum atomic E-state index is -0.243. The zero-order chi connectivity index (χ0) is 9.68. The van der Waals surface area contributed by atoms with Gasteiger partial charge in [-0.1, -0.05) is 36.4 Å². The lowest BCUT2D eigenvalue weighted by Gasteiger charge is -2.04. The number of ketones is 1. The van der Waals surface area contributed by atoms with Gasteiger partial charge >= 0.3 is 0 Å². The molecule has 0 aromatic heterocycles. The first-order valence-corrected chi connectivity index (χ1v) is 4.20. The van der Waals surface area contributed by atoms with Gasteiger partial charge in [0.2, 0.25) is 0 Å². The Balaban J connectivity index is 2.64. The molecule has 0 fully saturated rings. The van der Waals surface area contributed by atoms with E-state index in [9.17, 15) is 4.79 Å². The Morgan fingerprint density at radius 2 is 2.08 bits per heavy atom. The van der Waals surface area contributed by atoms with Gasteiger partial charge in [0.25, 0.3) is 0 Å². The van der Waals surface area contributed by atoms with Gasteiger partial charge in [0.1, 0.15) is 0 Å². The van der Waals surface area contributed by atoms with E-state index < -0.39 is 0 Å². The number of Topliss-reactive ketones (excluding diaryl/α,β-unsaturated/α-hetero) is 1. The predicted molar refractivity (Wildman–Crippen MR) is 53.6 cm³/mol. The molecule has 0 radical (unpaired) electrons. The van der Waals surface area contributed by atoms with Crippen LogP contribution in [0.15, 0.2) is 43.0 Å². The Labute approximate surface area is 78.1 Å². The molecule has 0 saturated heterocycles. The van der Waals surface area contributed by atoms with Crippen LogP contribution in [-0.4, -0.2) is 11.8 Å². The maximum absolute atomic E-state index is 11.5. The van der Waals surface area contributed by atoms with E-state index in [1.807, 2.05) is 18.2 Å². The number of carbonyl (C=O) groups excluding carboxylic acids is 1. The third-order valence-corrected chi connectivity index (χ3v) is 1.82. The summed E-state index contributed by atoms with van der Waals surface area (Å²) in [7, 11) is 0. The fourth-order valence-corrected chi connectivity index (χ4v) is 1.04. The van der Waals surface area contributed by atoms with Crippen molar-refractivity contribution in [2.45, 2.75) is 12.5 Å². The number of nitrogens with two attached hydrogens (primary N) is 1. The molecular formula is C11H13NO. The quantitative estimate of drug-likeness (QED) is 0.560. The second-order valence-electron chi connectivity index (χ2n) is 2.89. The van der Waals surface area contributed by atoms with Crippen molar-refractivity contribution in [3.63, 3.8) is 0 Å². The molecule has 1 rings (SSSR count). The number of hydrogen-bond acceptors (Lipinski definition) is 2. The fourth-order valence-electron chi connectivity index (χ4n) is 1.04. The summed E-state index contributed by atoms with van der Waals surface area (Å²) in [6.45, 7) is 3.53. The Morgan fingerprint density at radius 1 is 1.46 bits per heavy atom. The summed E-state index contributed by atoms with van der Waals surface area (Å²) in [4.78, 5) is 11.5. The zero-order valence-electron chi connectivity index (χ0n) is 7.44. The van der Waals surface area contributed by atoms with Crippen molar-refractivity contribution < 1.29 is 4.79 Å². The highest BCUT2D eigenvalue weighted by atomic mass is 16.1. The molecule has 13 heavy (non-hydrogen) atoms. The molecule has 0 saturated carbocycles. The summed E-state index contributed by atoms with van der Waals surface area (Å²) in [5.74, 6) is 0.0630. The largest absolute Gasteiger partial charge is 0.324 e. The van der Waals surface area contributed by atoms with Gasteiger partial charge in [-0.2, -0.15) is 0 Å². The SMILES string of the molecule is C=CC(N)CC(=O)c1ccccc1. The van der Waals surface area contributed by atoms with Crippen LogP contribution in [0.5, 0.6) is 0 Å². The van der Waals surface area contributed by atoms with Crippen LogP contribution >= 0.6 is 0 Å². The minimum Gasteiger partial charge on any atom is -0.324 e. The molecule has 2 N–H and O–H groups in total. The smallest absolute Gasteiger partial charge is 0.164 e. The molecule has 0 bridgehead atoms. The van der Waals surface area contributed by atoms with Crippen molar-refractivity contribution in [1.82, 2.24) is 0 Å². The molecule has 1 aromatic carbocycles. The summed E-state index contributed by atoms with van der Waals surface area (Å²) >= 11 is 0. The zero-order valence-corrected chi connectivity index (χ0v) is 7.44. The Hall–Kier alpha value is -1.41. The second-order valence-corrected chi connectivity index (χ2v) is 2.89. The van der Waals surface area contributed by atoms with E-state index in [4.69, 9.17) is 5.73 Å². The summed E-state index contributed by atoms with van der Waals surface area (Å²) in [5.41, 5.74) is 6.28. The molecule has 0 aliphatic heterocycles. The standard InChI is InChI=1S/C11H13NO/c1-2-10(12)8-11(13)9-6-4-3-5-7-9/h2-7,10H,1,8,12H2. The van der Waals surface area contributed by atoms with E-state index in [1.165, 1.54) is 0 Å². The van der Waals surface area contributed by atoms with Crippen LogP contribution in [0, 0.1) is 0 Å². The van der Waals surface area contributed by atoms with Crippen LogP contribution in [0.25, 0.3) is 0 Å². The lowest BCUT2D eigenvalue weighted by atomic mass is 10.0. The molecule has 2 nitrogen and oxygen atoms in total. The molecule has 1 unspecified atom stereocenters. The minimum absolute atomic E-state index is 0.0630. The Kier molecular flexibility index (Phi) is 3.41. The van der Waals surface area contributed by atoms with Gasteiger partial charge in [-0.15, -0.1) is 6.58 Å². The molecule has 2 heteroatoms. The van der Waals surface area contributed by atoms with E-state index in [1.54, 1.807) is 18.2 Å². The maximum Gasteiger partial charge on any atom is 0.164 e. The Bertz CT molecular complexity index is 292. The lowest BCUT2D eigenvalue weighted by Crippen LogP contribution is -2.20. The van der Waals surface area contributed by atoms with Crippen LogP contribution in [0.1, 0.15) is 16.8 Å². The molecular weight excluding hydrogens is 162 g/mol. The summed E-state index contributed by atoms with van der Waals surface area (Å²) < 4.78 is 0. The highest BCUT2D eigenvalue weighted by Gasteiger charge is 2.07. The molecule has 1 aromatic rings. The van der Waals surface area contributed by atoms with Gasteiger partial charge in [0, 0.05) is 18.0 Å². The second kappa shape index (κ2) is 4.58. The summed E-state index contributed by atoms with van der Waals surface area (Å²) in [5, 5.41) is 0. The van der Waals surface area contributed by atoms with Gasteiger partial charge in [0.15, 0.2) is 5.78 Å². The lowest BCUT2D eigenvalue weighted by molar-refractivity contribution is 0.0979. The molecule has 0 aliphatic rings. The van der Waals surface area contributed by atoms with Crippen molar-refractivity contribution in [3.8, 4) is 0 Å². The van der Waals surface area contributed by atoms with Gasteiger partial charge in [-0.3, -0.25) is 4.79 Å².